The highest BCUT2D eigenvalue weighted by Crippen LogP contribution is 2.27. The van der Waals surface area contributed by atoms with E-state index in [1.807, 2.05) is 19.9 Å². The second-order valence-corrected chi connectivity index (χ2v) is 5.43. The Balaban J connectivity index is 2.14. The highest BCUT2D eigenvalue weighted by atomic mass is 32.1. The predicted molar refractivity (Wildman–Crippen MR) is 73.4 cm³/mol. The van der Waals surface area contributed by atoms with Crippen LogP contribution in [0.1, 0.15) is 22.3 Å². The fourth-order valence-corrected chi connectivity index (χ4v) is 2.58. The number of furan rings is 1. The first-order chi connectivity index (χ1) is 9.11. The first kappa shape index (κ1) is 13.8. The molecule has 0 aliphatic carbocycles. The highest BCUT2D eigenvalue weighted by molar-refractivity contribution is 7.15. The van der Waals surface area contributed by atoms with Crippen LogP contribution in [0.15, 0.2) is 22.8 Å². The Morgan fingerprint density at radius 3 is 3.05 bits per heavy atom. The van der Waals surface area contributed by atoms with Crippen molar-refractivity contribution in [1.82, 2.24) is 10.3 Å². The number of hydrogen-bond donors (Lipinski definition) is 1. The van der Waals surface area contributed by atoms with Gasteiger partial charge in [-0.25, -0.2) is 4.98 Å². The minimum absolute atomic E-state index is 0.0503. The van der Waals surface area contributed by atoms with Crippen LogP contribution in [0.5, 0.6) is 0 Å². The molecule has 0 fully saturated rings. The van der Waals surface area contributed by atoms with Gasteiger partial charge in [0.2, 0.25) is 0 Å². The molecule has 6 heteroatoms. The molecule has 2 heterocycles. The molecule has 0 radical (unpaired) electrons. The van der Waals surface area contributed by atoms with Crippen LogP contribution in [-0.2, 0) is 4.74 Å². The van der Waals surface area contributed by atoms with Crippen molar-refractivity contribution < 1.29 is 13.9 Å². The van der Waals surface area contributed by atoms with Gasteiger partial charge in [0.05, 0.1) is 12.9 Å². The maximum atomic E-state index is 12.1. The summed E-state index contributed by atoms with van der Waals surface area (Å²) >= 11 is 1.44. The number of nitrogens with one attached hydrogen (secondary N) is 1. The molecule has 0 aliphatic rings. The van der Waals surface area contributed by atoms with Crippen molar-refractivity contribution in [2.75, 3.05) is 13.7 Å². The number of rotatable bonds is 5. The molecule has 0 bridgehead atoms. The lowest BCUT2D eigenvalue weighted by atomic mass is 10.3. The Kier molecular flexibility index (Phi) is 4.34. The van der Waals surface area contributed by atoms with Crippen LogP contribution >= 0.6 is 11.3 Å². The average Bonchev–Trinajstić information content (AvgIpc) is 2.97. The summed E-state index contributed by atoms with van der Waals surface area (Å²) in [6.07, 6.45) is 1.59. The van der Waals surface area contributed by atoms with Crippen LogP contribution in [0.3, 0.4) is 0 Å². The summed E-state index contributed by atoms with van der Waals surface area (Å²) < 4.78 is 10.3. The quantitative estimate of drug-likeness (QED) is 0.913. The van der Waals surface area contributed by atoms with Gasteiger partial charge in [-0.05, 0) is 26.0 Å². The van der Waals surface area contributed by atoms with Gasteiger partial charge in [0.15, 0.2) is 10.8 Å². The number of carbonyl (C=O) groups is 1. The van der Waals surface area contributed by atoms with Crippen molar-refractivity contribution in [3.05, 3.63) is 29.0 Å². The van der Waals surface area contributed by atoms with Crippen LogP contribution in [0.25, 0.3) is 10.8 Å². The topological polar surface area (TPSA) is 64.4 Å². The van der Waals surface area contributed by atoms with E-state index in [2.05, 4.69) is 10.3 Å². The van der Waals surface area contributed by atoms with Crippen molar-refractivity contribution in [1.29, 1.82) is 0 Å². The van der Waals surface area contributed by atoms with E-state index in [1.165, 1.54) is 11.3 Å². The minimum atomic E-state index is -0.184. The molecule has 2 aromatic heterocycles. The SMILES string of the molecule is COC[C@@H](C)NC(=O)c1nc(-c2ccco2)sc1C. The average molecular weight is 280 g/mol. The molecule has 0 spiro atoms. The fourth-order valence-electron chi connectivity index (χ4n) is 1.70. The number of carbonyl (C=O) groups excluding carboxylic acids is 1. The molecular formula is C13H16N2O3S. The Labute approximate surface area is 115 Å². The number of methoxy groups -OCH3 is 1. The zero-order valence-electron chi connectivity index (χ0n) is 11.1. The summed E-state index contributed by atoms with van der Waals surface area (Å²) in [5, 5.41) is 3.56. The van der Waals surface area contributed by atoms with E-state index in [1.54, 1.807) is 19.4 Å². The van der Waals surface area contributed by atoms with Crippen LogP contribution in [0, 0.1) is 6.92 Å². The van der Waals surface area contributed by atoms with Gasteiger partial charge in [-0.2, -0.15) is 0 Å². The monoisotopic (exact) mass is 280 g/mol. The van der Waals surface area contributed by atoms with Crippen molar-refractivity contribution in [3.63, 3.8) is 0 Å². The molecule has 2 aromatic rings. The first-order valence-electron chi connectivity index (χ1n) is 5.93. The molecule has 5 nitrogen and oxygen atoms in total. The van der Waals surface area contributed by atoms with Crippen molar-refractivity contribution in [3.8, 4) is 10.8 Å². The normalized spacial score (nSPS) is 12.4. The van der Waals surface area contributed by atoms with Crippen LogP contribution in [0.2, 0.25) is 0 Å². The molecule has 2 rings (SSSR count). The molecule has 0 aromatic carbocycles. The molecule has 0 aliphatic heterocycles. The Hall–Kier alpha value is -1.66. The largest absolute Gasteiger partial charge is 0.462 e. The van der Waals surface area contributed by atoms with E-state index >= 15 is 0 Å². The van der Waals surface area contributed by atoms with Crippen molar-refractivity contribution in [2.24, 2.45) is 0 Å². The number of nitrogens with zero attached hydrogens (tertiary/aromatic N) is 1. The zero-order valence-corrected chi connectivity index (χ0v) is 11.9. The van der Waals surface area contributed by atoms with E-state index in [-0.39, 0.29) is 11.9 Å². The van der Waals surface area contributed by atoms with Crippen molar-refractivity contribution >= 4 is 17.2 Å². The predicted octanol–water partition coefficient (Wildman–Crippen LogP) is 2.48. The van der Waals surface area contributed by atoms with E-state index < -0.39 is 0 Å². The van der Waals surface area contributed by atoms with Crippen LogP contribution in [0.4, 0.5) is 0 Å². The number of amides is 1. The fraction of sp³-hybridized carbons (Fsp3) is 0.385. The van der Waals surface area contributed by atoms with Crippen LogP contribution in [-0.4, -0.2) is 30.6 Å². The van der Waals surface area contributed by atoms with Gasteiger partial charge in [0.1, 0.15) is 5.69 Å². The Morgan fingerprint density at radius 2 is 2.42 bits per heavy atom. The molecule has 1 N–H and O–H groups in total. The summed E-state index contributed by atoms with van der Waals surface area (Å²) in [4.78, 5) is 17.3. The number of thiazole rings is 1. The van der Waals surface area contributed by atoms with Gasteiger partial charge in [0, 0.05) is 18.0 Å². The van der Waals surface area contributed by atoms with Gasteiger partial charge in [-0.3, -0.25) is 4.79 Å². The Morgan fingerprint density at radius 1 is 1.63 bits per heavy atom. The summed E-state index contributed by atoms with van der Waals surface area (Å²) in [6, 6.07) is 3.57. The van der Waals surface area contributed by atoms with Gasteiger partial charge >= 0.3 is 0 Å². The number of aromatic nitrogens is 1. The molecule has 0 saturated heterocycles. The smallest absolute Gasteiger partial charge is 0.271 e. The van der Waals surface area contributed by atoms with E-state index in [9.17, 15) is 4.79 Å². The lowest BCUT2D eigenvalue weighted by Gasteiger charge is -2.11. The summed E-state index contributed by atoms with van der Waals surface area (Å²) in [7, 11) is 1.60. The molecule has 0 unspecified atom stereocenters. The summed E-state index contributed by atoms with van der Waals surface area (Å²) in [5.74, 6) is 0.494. The van der Waals surface area contributed by atoms with Crippen molar-refractivity contribution in [2.45, 2.75) is 19.9 Å². The van der Waals surface area contributed by atoms with Gasteiger partial charge in [-0.1, -0.05) is 0 Å². The number of aryl methyl sites for hydroxylation is 1. The van der Waals surface area contributed by atoms with E-state index in [4.69, 9.17) is 9.15 Å². The molecular weight excluding hydrogens is 264 g/mol. The van der Waals surface area contributed by atoms with E-state index in [0.717, 1.165) is 4.88 Å². The zero-order chi connectivity index (χ0) is 13.8. The highest BCUT2D eigenvalue weighted by Gasteiger charge is 2.18. The molecule has 19 heavy (non-hydrogen) atoms. The second kappa shape index (κ2) is 5.99. The maximum absolute atomic E-state index is 12.1. The third-order valence-electron chi connectivity index (χ3n) is 2.54. The lowest BCUT2D eigenvalue weighted by molar-refractivity contribution is 0.0901. The third kappa shape index (κ3) is 3.21. The minimum Gasteiger partial charge on any atom is -0.462 e. The standard InChI is InChI=1S/C13H16N2O3S/c1-8(7-17-3)14-12(16)11-9(2)19-13(15-11)10-5-4-6-18-10/h4-6,8H,7H2,1-3H3,(H,14,16)/t8-/m1/s1. The lowest BCUT2D eigenvalue weighted by Crippen LogP contribution is -2.36. The number of ether oxygens (including phenoxy) is 1. The number of hydrogen-bond acceptors (Lipinski definition) is 5. The Bertz CT molecular complexity index is 548. The first-order valence-corrected chi connectivity index (χ1v) is 6.74. The summed E-state index contributed by atoms with van der Waals surface area (Å²) in [5.41, 5.74) is 0.444. The second-order valence-electron chi connectivity index (χ2n) is 4.23. The van der Waals surface area contributed by atoms with Gasteiger partial charge < -0.3 is 14.5 Å². The van der Waals surface area contributed by atoms with Crippen LogP contribution < -0.4 is 5.32 Å². The third-order valence-corrected chi connectivity index (χ3v) is 3.52. The molecule has 1 amide bonds. The summed E-state index contributed by atoms with van der Waals surface area (Å²) in [6.45, 7) is 4.23. The van der Waals surface area contributed by atoms with Gasteiger partial charge in [0.25, 0.3) is 5.91 Å². The van der Waals surface area contributed by atoms with Gasteiger partial charge in [-0.15, -0.1) is 11.3 Å². The maximum Gasteiger partial charge on any atom is 0.271 e. The molecule has 0 saturated carbocycles. The molecule has 1 atom stereocenters. The molecule has 102 valence electrons. The van der Waals surface area contributed by atoms with E-state index in [0.29, 0.717) is 23.1 Å².